The van der Waals surface area contributed by atoms with Crippen molar-refractivity contribution in [3.63, 3.8) is 0 Å². The standard InChI is InChI=1S/C13H13N3O/c14-16-13(17)11-8-4-5-9-12(11)15-10-6-2-1-3-7-10/h1-9,15H,14H2,(H,16,17). The number of anilines is 2. The highest BCUT2D eigenvalue weighted by molar-refractivity contribution is 5.99. The monoisotopic (exact) mass is 227 g/mol. The van der Waals surface area contributed by atoms with Crippen LogP contribution in [-0.2, 0) is 0 Å². The minimum absolute atomic E-state index is 0.316. The molecule has 0 radical (unpaired) electrons. The van der Waals surface area contributed by atoms with Crippen LogP contribution in [0.25, 0.3) is 0 Å². The van der Waals surface area contributed by atoms with Crippen LogP contribution in [0.1, 0.15) is 10.4 Å². The van der Waals surface area contributed by atoms with Gasteiger partial charge in [0.2, 0.25) is 0 Å². The van der Waals surface area contributed by atoms with Crippen LogP contribution in [0.4, 0.5) is 11.4 Å². The summed E-state index contributed by atoms with van der Waals surface area (Å²) in [5.74, 6) is 4.82. The van der Waals surface area contributed by atoms with Crippen LogP contribution in [0.2, 0.25) is 0 Å². The number of carbonyl (C=O) groups is 1. The number of para-hydroxylation sites is 2. The topological polar surface area (TPSA) is 67.1 Å². The van der Waals surface area contributed by atoms with E-state index in [0.717, 1.165) is 11.4 Å². The van der Waals surface area contributed by atoms with Crippen molar-refractivity contribution in [2.45, 2.75) is 0 Å². The quantitative estimate of drug-likeness (QED) is 0.427. The summed E-state index contributed by atoms with van der Waals surface area (Å²) in [6.07, 6.45) is 0. The van der Waals surface area contributed by atoms with E-state index < -0.39 is 0 Å². The third-order valence-electron chi connectivity index (χ3n) is 2.36. The molecule has 0 bridgehead atoms. The van der Waals surface area contributed by atoms with Gasteiger partial charge in [0.25, 0.3) is 5.91 Å². The van der Waals surface area contributed by atoms with Crippen LogP contribution in [0.5, 0.6) is 0 Å². The van der Waals surface area contributed by atoms with Gasteiger partial charge in [0, 0.05) is 5.69 Å². The molecule has 2 aromatic carbocycles. The smallest absolute Gasteiger partial charge is 0.267 e. The molecule has 4 nitrogen and oxygen atoms in total. The van der Waals surface area contributed by atoms with Gasteiger partial charge in [0.15, 0.2) is 0 Å². The van der Waals surface area contributed by atoms with Gasteiger partial charge in [-0.1, -0.05) is 30.3 Å². The van der Waals surface area contributed by atoms with Crippen LogP contribution in [0.3, 0.4) is 0 Å². The SMILES string of the molecule is NNC(=O)c1ccccc1Nc1ccccc1. The zero-order valence-corrected chi connectivity index (χ0v) is 9.18. The van der Waals surface area contributed by atoms with E-state index >= 15 is 0 Å². The summed E-state index contributed by atoms with van der Waals surface area (Å²) in [5, 5.41) is 3.17. The van der Waals surface area contributed by atoms with Gasteiger partial charge in [-0.2, -0.15) is 0 Å². The maximum absolute atomic E-state index is 11.5. The van der Waals surface area contributed by atoms with Crippen molar-refractivity contribution in [1.29, 1.82) is 0 Å². The lowest BCUT2D eigenvalue weighted by molar-refractivity contribution is 0.0954. The number of amides is 1. The van der Waals surface area contributed by atoms with E-state index in [1.165, 1.54) is 0 Å². The summed E-state index contributed by atoms with van der Waals surface area (Å²) in [4.78, 5) is 11.5. The van der Waals surface area contributed by atoms with E-state index in [2.05, 4.69) is 10.7 Å². The molecule has 0 fully saturated rings. The van der Waals surface area contributed by atoms with Crippen molar-refractivity contribution < 1.29 is 4.79 Å². The molecule has 0 spiro atoms. The molecule has 2 rings (SSSR count). The minimum atomic E-state index is -0.316. The summed E-state index contributed by atoms with van der Waals surface area (Å²) in [6.45, 7) is 0. The Kier molecular flexibility index (Phi) is 3.37. The molecule has 4 N–H and O–H groups in total. The molecule has 0 unspecified atom stereocenters. The minimum Gasteiger partial charge on any atom is -0.355 e. The second-order valence-electron chi connectivity index (χ2n) is 3.51. The molecule has 0 aliphatic carbocycles. The largest absolute Gasteiger partial charge is 0.355 e. The summed E-state index contributed by atoms with van der Waals surface area (Å²) in [6, 6.07) is 16.8. The molecule has 0 atom stereocenters. The molecule has 0 aliphatic heterocycles. The first-order valence-corrected chi connectivity index (χ1v) is 5.23. The van der Waals surface area contributed by atoms with Gasteiger partial charge in [-0.15, -0.1) is 0 Å². The van der Waals surface area contributed by atoms with Crippen LogP contribution >= 0.6 is 0 Å². The van der Waals surface area contributed by atoms with Gasteiger partial charge < -0.3 is 5.32 Å². The third kappa shape index (κ3) is 2.62. The predicted octanol–water partition coefficient (Wildman–Crippen LogP) is 2.03. The van der Waals surface area contributed by atoms with E-state index in [1.54, 1.807) is 12.1 Å². The van der Waals surface area contributed by atoms with Gasteiger partial charge >= 0.3 is 0 Å². The number of rotatable bonds is 3. The van der Waals surface area contributed by atoms with Gasteiger partial charge in [-0.3, -0.25) is 10.2 Å². The van der Waals surface area contributed by atoms with Crippen molar-refractivity contribution in [2.24, 2.45) is 5.84 Å². The van der Waals surface area contributed by atoms with E-state index in [-0.39, 0.29) is 5.91 Å². The Bertz CT molecular complexity index is 511. The number of hydrogen-bond acceptors (Lipinski definition) is 3. The Morgan fingerprint density at radius 2 is 1.59 bits per heavy atom. The number of carbonyl (C=O) groups excluding carboxylic acids is 1. The lowest BCUT2D eigenvalue weighted by atomic mass is 10.1. The number of nitrogens with two attached hydrogens (primary N) is 1. The molecular weight excluding hydrogens is 214 g/mol. The second kappa shape index (κ2) is 5.14. The van der Waals surface area contributed by atoms with Gasteiger partial charge in [-0.05, 0) is 24.3 Å². The van der Waals surface area contributed by atoms with Crippen molar-refractivity contribution >= 4 is 17.3 Å². The van der Waals surface area contributed by atoms with Gasteiger partial charge in [-0.25, -0.2) is 5.84 Å². The van der Waals surface area contributed by atoms with Crippen LogP contribution < -0.4 is 16.6 Å². The summed E-state index contributed by atoms with van der Waals surface area (Å²) in [7, 11) is 0. The van der Waals surface area contributed by atoms with Crippen LogP contribution in [0.15, 0.2) is 54.6 Å². The van der Waals surface area contributed by atoms with Gasteiger partial charge in [0.1, 0.15) is 0 Å². The molecule has 0 saturated heterocycles. The third-order valence-corrected chi connectivity index (χ3v) is 2.36. The first-order chi connectivity index (χ1) is 8.31. The summed E-state index contributed by atoms with van der Waals surface area (Å²) >= 11 is 0. The van der Waals surface area contributed by atoms with E-state index in [4.69, 9.17) is 5.84 Å². The van der Waals surface area contributed by atoms with E-state index in [1.807, 2.05) is 42.5 Å². The normalized spacial score (nSPS) is 9.71. The number of nitrogens with one attached hydrogen (secondary N) is 2. The highest BCUT2D eigenvalue weighted by Gasteiger charge is 2.08. The second-order valence-corrected chi connectivity index (χ2v) is 3.51. The number of benzene rings is 2. The fourth-order valence-corrected chi connectivity index (χ4v) is 1.54. The zero-order chi connectivity index (χ0) is 12.1. The molecule has 4 heteroatoms. The van der Waals surface area contributed by atoms with E-state index in [0.29, 0.717) is 5.56 Å². The lowest BCUT2D eigenvalue weighted by Gasteiger charge is -2.10. The van der Waals surface area contributed by atoms with Crippen LogP contribution in [0, 0.1) is 0 Å². The number of hydrogen-bond donors (Lipinski definition) is 3. The maximum Gasteiger partial charge on any atom is 0.267 e. The first-order valence-electron chi connectivity index (χ1n) is 5.23. The Morgan fingerprint density at radius 3 is 2.29 bits per heavy atom. The molecular formula is C13H13N3O. The van der Waals surface area contributed by atoms with Crippen molar-refractivity contribution in [2.75, 3.05) is 5.32 Å². The average Bonchev–Trinajstić information content (AvgIpc) is 2.40. The Labute approximate surface area is 99.4 Å². The highest BCUT2D eigenvalue weighted by atomic mass is 16.2. The molecule has 0 aromatic heterocycles. The molecule has 17 heavy (non-hydrogen) atoms. The first kappa shape index (κ1) is 11.2. The van der Waals surface area contributed by atoms with Crippen molar-refractivity contribution in [3.8, 4) is 0 Å². The summed E-state index contributed by atoms with van der Waals surface area (Å²) in [5.41, 5.74) is 4.29. The Hall–Kier alpha value is -2.33. The maximum atomic E-state index is 11.5. The summed E-state index contributed by atoms with van der Waals surface area (Å²) < 4.78 is 0. The number of hydrazine groups is 1. The fraction of sp³-hybridized carbons (Fsp3) is 0. The fourth-order valence-electron chi connectivity index (χ4n) is 1.54. The lowest BCUT2D eigenvalue weighted by Crippen LogP contribution is -2.30. The van der Waals surface area contributed by atoms with Crippen molar-refractivity contribution in [1.82, 2.24) is 5.43 Å². The Balaban J connectivity index is 2.30. The zero-order valence-electron chi connectivity index (χ0n) is 9.18. The molecule has 0 saturated carbocycles. The molecule has 1 amide bonds. The predicted molar refractivity (Wildman–Crippen MR) is 67.8 cm³/mol. The van der Waals surface area contributed by atoms with E-state index in [9.17, 15) is 4.79 Å². The van der Waals surface area contributed by atoms with Crippen molar-refractivity contribution in [3.05, 3.63) is 60.2 Å². The Morgan fingerprint density at radius 1 is 0.941 bits per heavy atom. The average molecular weight is 227 g/mol. The van der Waals surface area contributed by atoms with Gasteiger partial charge in [0.05, 0.1) is 11.3 Å². The van der Waals surface area contributed by atoms with Crippen LogP contribution in [-0.4, -0.2) is 5.91 Å². The molecule has 0 aliphatic rings. The molecule has 2 aromatic rings. The molecule has 86 valence electrons. The highest BCUT2D eigenvalue weighted by Crippen LogP contribution is 2.20. The molecule has 0 heterocycles. The number of nitrogen functional groups attached to an aromatic ring is 1.